The first-order chi connectivity index (χ1) is 15.9. The topological polar surface area (TPSA) is 84.9 Å². The van der Waals surface area contributed by atoms with E-state index < -0.39 is 15.9 Å². The van der Waals surface area contributed by atoms with E-state index in [0.29, 0.717) is 17.2 Å². The second-order valence-corrected chi connectivity index (χ2v) is 9.20. The molecular formula is C24H25ClN2O5S. The van der Waals surface area contributed by atoms with Crippen LogP contribution >= 0.6 is 11.6 Å². The van der Waals surface area contributed by atoms with E-state index in [1.165, 1.54) is 22.5 Å². The lowest BCUT2D eigenvalue weighted by Crippen LogP contribution is -2.31. The molecule has 7 nitrogen and oxygen atoms in total. The number of benzene rings is 3. The van der Waals surface area contributed by atoms with Gasteiger partial charge in [-0.15, -0.1) is 0 Å². The predicted octanol–water partition coefficient (Wildman–Crippen LogP) is 4.37. The number of para-hydroxylation sites is 1. The smallest absolute Gasteiger partial charge is 0.264 e. The third kappa shape index (κ3) is 5.97. The highest BCUT2D eigenvalue weighted by Crippen LogP contribution is 2.26. The number of hydrogen-bond donors (Lipinski definition) is 1. The minimum atomic E-state index is -3.89. The van der Waals surface area contributed by atoms with Crippen LogP contribution in [0.1, 0.15) is 17.3 Å². The molecule has 174 valence electrons. The maximum atomic E-state index is 13.2. The lowest BCUT2D eigenvalue weighted by molar-refractivity contribution is 0.0947. The molecule has 0 saturated carbocycles. The van der Waals surface area contributed by atoms with Crippen molar-refractivity contribution in [3.05, 3.63) is 83.4 Å². The Balaban J connectivity index is 1.70. The summed E-state index contributed by atoms with van der Waals surface area (Å²) in [6.07, 6.45) is 0. The maximum absolute atomic E-state index is 13.2. The average Bonchev–Trinajstić information content (AvgIpc) is 2.83. The van der Waals surface area contributed by atoms with Crippen LogP contribution in [0.4, 0.5) is 5.69 Å². The van der Waals surface area contributed by atoms with Gasteiger partial charge in [-0.05, 0) is 49.4 Å². The van der Waals surface area contributed by atoms with Crippen molar-refractivity contribution in [1.82, 2.24) is 5.32 Å². The highest BCUT2D eigenvalue weighted by Gasteiger charge is 2.25. The van der Waals surface area contributed by atoms with Crippen molar-refractivity contribution in [2.45, 2.75) is 11.8 Å². The van der Waals surface area contributed by atoms with Gasteiger partial charge in [-0.25, -0.2) is 8.42 Å². The van der Waals surface area contributed by atoms with Crippen LogP contribution < -0.4 is 19.1 Å². The van der Waals surface area contributed by atoms with E-state index in [1.807, 2.05) is 6.07 Å². The second-order valence-electron chi connectivity index (χ2n) is 6.93. The zero-order chi connectivity index (χ0) is 23.8. The molecule has 0 aliphatic carbocycles. The first-order valence-corrected chi connectivity index (χ1v) is 12.1. The molecule has 33 heavy (non-hydrogen) atoms. The van der Waals surface area contributed by atoms with Crippen LogP contribution in [0.25, 0.3) is 0 Å². The zero-order valence-corrected chi connectivity index (χ0v) is 19.9. The van der Waals surface area contributed by atoms with Crippen molar-refractivity contribution in [2.24, 2.45) is 0 Å². The SMILES string of the molecule is CCN(c1ccccc1)S(=O)(=O)c1ccc(Cl)c(C(=O)NCCOc2cccc(OC)c2)c1. The molecule has 1 N–H and O–H groups in total. The largest absolute Gasteiger partial charge is 0.497 e. The third-order valence-corrected chi connectivity index (χ3v) is 7.03. The molecule has 0 heterocycles. The summed E-state index contributed by atoms with van der Waals surface area (Å²) in [6.45, 7) is 2.40. The van der Waals surface area contributed by atoms with Crippen LogP contribution in [0.3, 0.4) is 0 Å². The highest BCUT2D eigenvalue weighted by molar-refractivity contribution is 7.92. The summed E-state index contributed by atoms with van der Waals surface area (Å²) in [6, 6.07) is 20.0. The molecule has 3 aromatic rings. The molecule has 1 amide bonds. The van der Waals surface area contributed by atoms with Gasteiger partial charge >= 0.3 is 0 Å². The summed E-state index contributed by atoms with van der Waals surface area (Å²) >= 11 is 6.20. The van der Waals surface area contributed by atoms with E-state index in [0.717, 1.165) is 0 Å². The number of carbonyl (C=O) groups excluding carboxylic acids is 1. The molecule has 0 fully saturated rings. The first kappa shape index (κ1) is 24.4. The number of rotatable bonds is 10. The van der Waals surface area contributed by atoms with Gasteiger partial charge in [0.15, 0.2) is 0 Å². The number of amides is 1. The fourth-order valence-electron chi connectivity index (χ4n) is 3.17. The van der Waals surface area contributed by atoms with Crippen LogP contribution in [0.15, 0.2) is 77.7 Å². The fraction of sp³-hybridized carbons (Fsp3) is 0.208. The molecule has 0 bridgehead atoms. The molecule has 0 aromatic heterocycles. The molecule has 0 atom stereocenters. The van der Waals surface area contributed by atoms with E-state index in [1.54, 1.807) is 62.6 Å². The van der Waals surface area contributed by atoms with Crippen molar-refractivity contribution in [1.29, 1.82) is 0 Å². The number of halogens is 1. The van der Waals surface area contributed by atoms with Crippen molar-refractivity contribution < 1.29 is 22.7 Å². The molecule has 0 aliphatic rings. The number of methoxy groups -OCH3 is 1. The molecule has 3 aromatic carbocycles. The Bertz CT molecular complexity index is 1200. The van der Waals surface area contributed by atoms with Gasteiger partial charge in [0.2, 0.25) is 0 Å². The van der Waals surface area contributed by atoms with Crippen molar-refractivity contribution >= 4 is 33.2 Å². The Kier molecular flexibility index (Phi) is 8.19. The molecule has 0 saturated heterocycles. The van der Waals surface area contributed by atoms with E-state index in [4.69, 9.17) is 21.1 Å². The summed E-state index contributed by atoms with van der Waals surface area (Å²) in [7, 11) is -2.32. The quantitative estimate of drug-likeness (QED) is 0.428. The minimum Gasteiger partial charge on any atom is -0.497 e. The molecular weight excluding hydrogens is 464 g/mol. The number of hydrogen-bond acceptors (Lipinski definition) is 5. The Labute approximate surface area is 198 Å². The third-order valence-electron chi connectivity index (χ3n) is 4.80. The molecule has 3 rings (SSSR count). The average molecular weight is 489 g/mol. The fourth-order valence-corrected chi connectivity index (χ4v) is 4.88. The summed E-state index contributed by atoms with van der Waals surface area (Å²) in [5.41, 5.74) is 0.610. The minimum absolute atomic E-state index is 0.0182. The van der Waals surface area contributed by atoms with Gasteiger partial charge in [-0.3, -0.25) is 9.10 Å². The van der Waals surface area contributed by atoms with Gasteiger partial charge in [0.1, 0.15) is 18.1 Å². The predicted molar refractivity (Wildman–Crippen MR) is 129 cm³/mol. The number of sulfonamides is 1. The summed E-state index contributed by atoms with van der Waals surface area (Å²) in [5.74, 6) is 0.780. The van der Waals surface area contributed by atoms with Crippen LogP contribution in [0.5, 0.6) is 11.5 Å². The number of nitrogens with one attached hydrogen (secondary N) is 1. The van der Waals surface area contributed by atoms with Gasteiger partial charge in [0, 0.05) is 12.6 Å². The summed E-state index contributed by atoms with van der Waals surface area (Å²) in [5, 5.41) is 2.86. The van der Waals surface area contributed by atoms with E-state index in [9.17, 15) is 13.2 Å². The van der Waals surface area contributed by atoms with Gasteiger partial charge in [0.25, 0.3) is 15.9 Å². The molecule has 0 unspecified atom stereocenters. The highest BCUT2D eigenvalue weighted by atomic mass is 35.5. The zero-order valence-electron chi connectivity index (χ0n) is 18.3. The number of anilines is 1. The monoisotopic (exact) mass is 488 g/mol. The van der Waals surface area contributed by atoms with Crippen LogP contribution in [0.2, 0.25) is 5.02 Å². The molecule has 0 spiro atoms. The van der Waals surface area contributed by atoms with Gasteiger partial charge in [-0.1, -0.05) is 35.9 Å². The Hall–Kier alpha value is -3.23. The number of nitrogens with zero attached hydrogens (tertiary/aromatic N) is 1. The molecule has 9 heteroatoms. The second kappa shape index (κ2) is 11.1. The van der Waals surface area contributed by atoms with E-state index in [2.05, 4.69) is 5.32 Å². The number of ether oxygens (including phenoxy) is 2. The van der Waals surface area contributed by atoms with Crippen LogP contribution in [0, 0.1) is 0 Å². The van der Waals surface area contributed by atoms with Crippen LogP contribution in [-0.2, 0) is 10.0 Å². The Morgan fingerprint density at radius 3 is 2.42 bits per heavy atom. The van der Waals surface area contributed by atoms with Gasteiger partial charge in [0.05, 0.1) is 34.8 Å². The lowest BCUT2D eigenvalue weighted by atomic mass is 10.2. The number of carbonyl (C=O) groups is 1. The normalized spacial score (nSPS) is 11.0. The first-order valence-electron chi connectivity index (χ1n) is 10.3. The van der Waals surface area contributed by atoms with E-state index in [-0.39, 0.29) is 35.2 Å². The van der Waals surface area contributed by atoms with E-state index >= 15 is 0 Å². The summed E-state index contributed by atoms with van der Waals surface area (Å²) < 4.78 is 38.5. The Morgan fingerprint density at radius 1 is 1.00 bits per heavy atom. The van der Waals surface area contributed by atoms with Crippen molar-refractivity contribution in [3.63, 3.8) is 0 Å². The Morgan fingerprint density at radius 2 is 1.73 bits per heavy atom. The van der Waals surface area contributed by atoms with Gasteiger partial charge < -0.3 is 14.8 Å². The van der Waals surface area contributed by atoms with Crippen LogP contribution in [-0.4, -0.2) is 41.1 Å². The molecule has 0 radical (unpaired) electrons. The van der Waals surface area contributed by atoms with Gasteiger partial charge in [-0.2, -0.15) is 0 Å². The maximum Gasteiger partial charge on any atom is 0.264 e. The molecule has 0 aliphatic heterocycles. The van der Waals surface area contributed by atoms with Crippen molar-refractivity contribution in [3.8, 4) is 11.5 Å². The lowest BCUT2D eigenvalue weighted by Gasteiger charge is -2.23. The summed E-state index contributed by atoms with van der Waals surface area (Å²) in [4.78, 5) is 12.7. The van der Waals surface area contributed by atoms with Crippen molar-refractivity contribution in [2.75, 3.05) is 31.1 Å². The standard InChI is InChI=1S/C24H25ClN2O5S/c1-3-27(18-8-5-4-6-9-18)33(29,30)21-12-13-23(25)22(17-21)24(28)26-14-15-32-20-11-7-10-19(16-20)31-2/h4-13,16-17H,3,14-15H2,1-2H3,(H,26,28).